The van der Waals surface area contributed by atoms with Crippen LogP contribution in [0.3, 0.4) is 0 Å². The molecule has 2 aromatic rings. The molecule has 2 amide bonds. The van der Waals surface area contributed by atoms with Crippen molar-refractivity contribution in [1.82, 2.24) is 5.32 Å². The topological polar surface area (TPSA) is 67.4 Å². The van der Waals surface area contributed by atoms with Gasteiger partial charge in [-0.15, -0.1) is 11.8 Å². The monoisotopic (exact) mass is 386 g/mol. The molecule has 27 heavy (non-hydrogen) atoms. The van der Waals surface area contributed by atoms with Gasteiger partial charge in [-0.25, -0.2) is 0 Å². The molecule has 0 saturated carbocycles. The van der Waals surface area contributed by atoms with Crippen LogP contribution >= 0.6 is 11.8 Å². The maximum absolute atomic E-state index is 12.2. The molecular weight excluding hydrogens is 360 g/mol. The number of aryl methyl sites for hydroxylation is 1. The number of ether oxygens (including phenoxy) is 1. The van der Waals surface area contributed by atoms with Crippen LogP contribution < -0.4 is 15.4 Å². The van der Waals surface area contributed by atoms with Gasteiger partial charge in [-0.1, -0.05) is 35.9 Å². The third kappa shape index (κ3) is 6.98. The third-order valence-corrected chi connectivity index (χ3v) is 5.20. The highest BCUT2D eigenvalue weighted by Crippen LogP contribution is 2.17. The largest absolute Gasteiger partial charge is 0.496 e. The molecule has 0 bridgehead atoms. The number of carbonyl (C=O) groups excluding carboxylic acids is 2. The molecule has 5 nitrogen and oxygen atoms in total. The van der Waals surface area contributed by atoms with Crippen molar-refractivity contribution in [2.24, 2.45) is 0 Å². The molecule has 0 heterocycles. The van der Waals surface area contributed by atoms with Crippen molar-refractivity contribution in [1.29, 1.82) is 0 Å². The zero-order chi connectivity index (χ0) is 19.6. The van der Waals surface area contributed by atoms with Crippen molar-refractivity contribution in [2.45, 2.75) is 25.5 Å². The van der Waals surface area contributed by atoms with Gasteiger partial charge in [-0.2, -0.15) is 0 Å². The van der Waals surface area contributed by atoms with E-state index in [9.17, 15) is 9.59 Å². The number of carbonyl (C=O) groups is 2. The van der Waals surface area contributed by atoms with E-state index in [0.717, 1.165) is 22.6 Å². The van der Waals surface area contributed by atoms with Crippen LogP contribution in [0.5, 0.6) is 5.75 Å². The van der Waals surface area contributed by atoms with E-state index in [1.54, 1.807) is 7.11 Å². The van der Waals surface area contributed by atoms with Gasteiger partial charge >= 0.3 is 0 Å². The lowest BCUT2D eigenvalue weighted by Gasteiger charge is -2.13. The molecule has 0 spiro atoms. The number of benzene rings is 2. The summed E-state index contributed by atoms with van der Waals surface area (Å²) < 4.78 is 5.31. The Hall–Kier alpha value is -2.47. The number of anilines is 1. The Morgan fingerprint density at radius 1 is 1.11 bits per heavy atom. The third-order valence-electron chi connectivity index (χ3n) is 4.06. The minimum absolute atomic E-state index is 0.0713. The number of para-hydroxylation sites is 1. The summed E-state index contributed by atoms with van der Waals surface area (Å²) >= 11 is 1.32. The Morgan fingerprint density at radius 3 is 2.52 bits per heavy atom. The predicted octanol–water partition coefficient (Wildman–Crippen LogP) is 3.42. The zero-order valence-corrected chi connectivity index (χ0v) is 16.8. The summed E-state index contributed by atoms with van der Waals surface area (Å²) in [4.78, 5) is 24.2. The summed E-state index contributed by atoms with van der Waals surface area (Å²) in [5.74, 6) is 0.868. The molecule has 6 heteroatoms. The Labute approximate surface area is 164 Å². The highest BCUT2D eigenvalue weighted by molar-refractivity contribution is 8.01. The molecular formula is C21H26N2O3S. The van der Waals surface area contributed by atoms with Crippen molar-refractivity contribution in [2.75, 3.05) is 24.7 Å². The summed E-state index contributed by atoms with van der Waals surface area (Å²) in [6.45, 7) is 4.33. The molecule has 1 unspecified atom stereocenters. The van der Waals surface area contributed by atoms with E-state index in [1.165, 1.54) is 11.8 Å². The van der Waals surface area contributed by atoms with Gasteiger partial charge in [-0.3, -0.25) is 9.59 Å². The standard InChI is InChI=1S/C21H26N2O3S/c1-15-8-10-18(11-9-15)23-20(24)14-27-16(2)21(25)22-13-12-17-6-4-5-7-19(17)26-3/h4-11,16H,12-14H2,1-3H3,(H,22,25)(H,23,24). The number of methoxy groups -OCH3 is 1. The lowest BCUT2D eigenvalue weighted by molar-refractivity contribution is -0.120. The molecule has 0 fully saturated rings. The van der Waals surface area contributed by atoms with Crippen molar-refractivity contribution in [3.63, 3.8) is 0 Å². The summed E-state index contributed by atoms with van der Waals surface area (Å²) in [6.07, 6.45) is 0.695. The molecule has 0 radical (unpaired) electrons. The van der Waals surface area contributed by atoms with Crippen LogP contribution in [0.15, 0.2) is 48.5 Å². The van der Waals surface area contributed by atoms with Gasteiger partial charge in [0.05, 0.1) is 18.1 Å². The number of hydrogen-bond acceptors (Lipinski definition) is 4. The molecule has 0 aliphatic carbocycles. The average molecular weight is 387 g/mol. The van der Waals surface area contributed by atoms with E-state index >= 15 is 0 Å². The van der Waals surface area contributed by atoms with E-state index in [4.69, 9.17) is 4.74 Å². The van der Waals surface area contributed by atoms with Crippen LogP contribution in [0.4, 0.5) is 5.69 Å². The van der Waals surface area contributed by atoms with Crippen LogP contribution in [-0.4, -0.2) is 36.5 Å². The van der Waals surface area contributed by atoms with E-state index in [-0.39, 0.29) is 22.8 Å². The van der Waals surface area contributed by atoms with Crippen molar-refractivity contribution < 1.29 is 14.3 Å². The first-order valence-corrected chi connectivity index (χ1v) is 9.92. The van der Waals surface area contributed by atoms with E-state index in [2.05, 4.69) is 10.6 Å². The Kier molecular flexibility index (Phi) is 8.20. The number of hydrogen-bond donors (Lipinski definition) is 2. The van der Waals surface area contributed by atoms with Crippen LogP contribution in [0.25, 0.3) is 0 Å². The molecule has 2 aromatic carbocycles. The van der Waals surface area contributed by atoms with Crippen molar-refractivity contribution in [3.8, 4) is 5.75 Å². The summed E-state index contributed by atoms with van der Waals surface area (Å²) in [6, 6.07) is 15.4. The van der Waals surface area contributed by atoms with Crippen LogP contribution in [0.2, 0.25) is 0 Å². The van der Waals surface area contributed by atoms with Gasteiger partial charge in [0.25, 0.3) is 0 Å². The zero-order valence-electron chi connectivity index (χ0n) is 16.0. The molecule has 0 aromatic heterocycles. The lowest BCUT2D eigenvalue weighted by atomic mass is 10.1. The van der Waals surface area contributed by atoms with Gasteiger partial charge in [-0.05, 0) is 44.0 Å². The first kappa shape index (κ1) is 20.8. The summed E-state index contributed by atoms with van der Waals surface area (Å²) in [5, 5.41) is 5.45. The quantitative estimate of drug-likeness (QED) is 0.693. The molecule has 144 valence electrons. The van der Waals surface area contributed by atoms with Gasteiger partial charge in [0.15, 0.2) is 0 Å². The number of amides is 2. The molecule has 2 rings (SSSR count). The Bertz CT molecular complexity index is 762. The van der Waals surface area contributed by atoms with Gasteiger partial charge < -0.3 is 15.4 Å². The van der Waals surface area contributed by atoms with Gasteiger partial charge in [0.1, 0.15) is 5.75 Å². The fourth-order valence-corrected chi connectivity index (χ4v) is 3.19. The molecule has 2 N–H and O–H groups in total. The Morgan fingerprint density at radius 2 is 1.81 bits per heavy atom. The van der Waals surface area contributed by atoms with E-state index < -0.39 is 0 Å². The fraction of sp³-hybridized carbons (Fsp3) is 0.333. The second-order valence-corrected chi connectivity index (χ2v) is 7.55. The second kappa shape index (κ2) is 10.6. The molecule has 1 atom stereocenters. The number of thioether (sulfide) groups is 1. The van der Waals surface area contributed by atoms with E-state index in [1.807, 2.05) is 62.4 Å². The predicted molar refractivity (Wildman–Crippen MR) is 111 cm³/mol. The highest BCUT2D eigenvalue weighted by atomic mass is 32.2. The van der Waals surface area contributed by atoms with Crippen molar-refractivity contribution >= 4 is 29.3 Å². The minimum atomic E-state index is -0.300. The van der Waals surface area contributed by atoms with Gasteiger partial charge in [0.2, 0.25) is 11.8 Å². The van der Waals surface area contributed by atoms with Crippen LogP contribution in [-0.2, 0) is 16.0 Å². The highest BCUT2D eigenvalue weighted by Gasteiger charge is 2.15. The molecule has 0 aliphatic rings. The fourth-order valence-electron chi connectivity index (χ4n) is 2.48. The minimum Gasteiger partial charge on any atom is -0.496 e. The SMILES string of the molecule is COc1ccccc1CCNC(=O)C(C)SCC(=O)Nc1ccc(C)cc1. The number of rotatable bonds is 9. The molecule has 0 saturated heterocycles. The Balaban J connectivity index is 1.70. The normalized spacial score (nSPS) is 11.5. The molecule has 0 aliphatic heterocycles. The van der Waals surface area contributed by atoms with Crippen molar-refractivity contribution in [3.05, 3.63) is 59.7 Å². The lowest BCUT2D eigenvalue weighted by Crippen LogP contribution is -2.33. The van der Waals surface area contributed by atoms with Gasteiger partial charge in [0, 0.05) is 12.2 Å². The summed E-state index contributed by atoms with van der Waals surface area (Å²) in [7, 11) is 1.64. The van der Waals surface area contributed by atoms with Crippen LogP contribution in [0.1, 0.15) is 18.1 Å². The maximum Gasteiger partial charge on any atom is 0.234 e. The first-order chi connectivity index (χ1) is 13.0. The van der Waals surface area contributed by atoms with E-state index in [0.29, 0.717) is 13.0 Å². The average Bonchev–Trinajstić information content (AvgIpc) is 2.68. The smallest absolute Gasteiger partial charge is 0.234 e. The maximum atomic E-state index is 12.2. The number of nitrogens with one attached hydrogen (secondary N) is 2. The second-order valence-electron chi connectivity index (χ2n) is 6.22. The first-order valence-electron chi connectivity index (χ1n) is 8.87. The summed E-state index contributed by atoms with van der Waals surface area (Å²) in [5.41, 5.74) is 2.96. The van der Waals surface area contributed by atoms with Crippen LogP contribution in [0, 0.1) is 6.92 Å².